The quantitative estimate of drug-likeness (QED) is 0.756. The summed E-state index contributed by atoms with van der Waals surface area (Å²) < 4.78 is 0. The second-order valence-corrected chi connectivity index (χ2v) is 6.62. The molecule has 1 heterocycles. The molecule has 0 bridgehead atoms. The molecule has 1 aliphatic rings. The third-order valence-electron chi connectivity index (χ3n) is 3.19. The summed E-state index contributed by atoms with van der Waals surface area (Å²) in [6.45, 7) is 8.07. The van der Waals surface area contributed by atoms with E-state index in [-0.39, 0.29) is 18.2 Å². The minimum Gasteiger partial charge on any atom is -0.326 e. The van der Waals surface area contributed by atoms with Crippen LogP contribution >= 0.6 is 23.4 Å². The number of nitrogens with zero attached hydrogens (tertiary/aromatic N) is 2. The van der Waals surface area contributed by atoms with Crippen LogP contribution < -0.4 is 5.32 Å². The molecule has 1 aliphatic heterocycles. The summed E-state index contributed by atoms with van der Waals surface area (Å²) in [6, 6.07) is 6.81. The molecule has 0 aliphatic carbocycles. The first-order chi connectivity index (χ1) is 11.5. The Morgan fingerprint density at radius 2 is 2.04 bits per heavy atom. The van der Waals surface area contributed by atoms with Gasteiger partial charge in [0.1, 0.15) is 5.25 Å². The van der Waals surface area contributed by atoms with E-state index in [1.54, 1.807) is 41.3 Å². The summed E-state index contributed by atoms with van der Waals surface area (Å²) in [5.41, 5.74) is 0.642. The number of anilines is 1. The maximum Gasteiger partial charge on any atom is 0.242 e. The maximum absolute atomic E-state index is 12.5. The molecule has 0 spiro atoms. The summed E-state index contributed by atoms with van der Waals surface area (Å²) in [4.78, 5) is 30.5. The summed E-state index contributed by atoms with van der Waals surface area (Å²) in [5, 5.41) is 3.47. The number of amides is 2. The summed E-state index contributed by atoms with van der Waals surface area (Å²) in [7, 11) is 0. The number of aliphatic imine (C=N–C) groups is 1. The van der Waals surface area contributed by atoms with Gasteiger partial charge in [0.25, 0.3) is 0 Å². The number of amidine groups is 1. The van der Waals surface area contributed by atoms with E-state index >= 15 is 0 Å². The number of carbonyl (C=O) groups excluding carboxylic acids is 2. The number of hydrogen-bond donors (Lipinski definition) is 1. The van der Waals surface area contributed by atoms with Crippen LogP contribution in [0.4, 0.5) is 5.69 Å². The van der Waals surface area contributed by atoms with E-state index in [2.05, 4.69) is 23.5 Å². The van der Waals surface area contributed by atoms with Gasteiger partial charge in [0.05, 0.1) is 6.54 Å². The van der Waals surface area contributed by atoms with Crippen molar-refractivity contribution in [3.63, 3.8) is 0 Å². The Bertz CT molecular complexity index is 673. The van der Waals surface area contributed by atoms with Gasteiger partial charge in [0.15, 0.2) is 5.17 Å². The van der Waals surface area contributed by atoms with Crippen LogP contribution in [-0.4, -0.2) is 40.2 Å². The molecular formula is C17H18ClN3O2S. The van der Waals surface area contributed by atoms with Gasteiger partial charge in [-0.05, 0) is 24.3 Å². The number of halogens is 1. The van der Waals surface area contributed by atoms with Crippen molar-refractivity contribution >= 4 is 46.0 Å². The zero-order valence-electron chi connectivity index (χ0n) is 13.1. The molecule has 1 fully saturated rings. The Morgan fingerprint density at radius 1 is 1.33 bits per heavy atom. The molecule has 126 valence electrons. The van der Waals surface area contributed by atoms with Gasteiger partial charge >= 0.3 is 0 Å². The molecule has 5 nitrogen and oxygen atoms in total. The Kier molecular flexibility index (Phi) is 6.63. The fraction of sp³-hybridized carbons (Fsp3) is 0.235. The number of rotatable bonds is 7. The van der Waals surface area contributed by atoms with Gasteiger partial charge in [-0.3, -0.25) is 19.5 Å². The lowest BCUT2D eigenvalue weighted by molar-refractivity contribution is -0.127. The van der Waals surface area contributed by atoms with E-state index in [9.17, 15) is 9.59 Å². The number of thioether (sulfide) groups is 1. The SMILES string of the molecule is C=CCN=C1S[C@@H](CC(=O)Nc2ccc(Cl)cc2)C(=O)N1CC=C. The molecule has 2 rings (SSSR count). The largest absolute Gasteiger partial charge is 0.326 e. The van der Waals surface area contributed by atoms with Gasteiger partial charge in [-0.2, -0.15) is 0 Å². The van der Waals surface area contributed by atoms with Crippen LogP contribution in [0.2, 0.25) is 5.02 Å². The van der Waals surface area contributed by atoms with Crippen molar-refractivity contribution in [1.82, 2.24) is 4.90 Å². The number of benzene rings is 1. The van der Waals surface area contributed by atoms with Gasteiger partial charge in [-0.15, -0.1) is 13.2 Å². The highest BCUT2D eigenvalue weighted by Crippen LogP contribution is 2.30. The normalized spacial score (nSPS) is 18.7. The standard InChI is InChI=1S/C17H18ClN3O2S/c1-3-9-19-17-21(10-4-2)16(23)14(24-17)11-15(22)20-13-7-5-12(18)6-8-13/h3-8,14H,1-2,9-11H2,(H,20,22)/t14-/m0/s1. The summed E-state index contributed by atoms with van der Waals surface area (Å²) >= 11 is 7.11. The molecule has 1 atom stereocenters. The van der Waals surface area contributed by atoms with Crippen LogP contribution in [0.3, 0.4) is 0 Å². The zero-order valence-corrected chi connectivity index (χ0v) is 14.6. The minimum atomic E-state index is -0.485. The van der Waals surface area contributed by atoms with Crippen LogP contribution in [0, 0.1) is 0 Å². The highest BCUT2D eigenvalue weighted by atomic mass is 35.5. The molecule has 1 aromatic rings. The Morgan fingerprint density at radius 3 is 2.67 bits per heavy atom. The first kappa shape index (κ1) is 18.3. The first-order valence-electron chi connectivity index (χ1n) is 7.35. The first-order valence-corrected chi connectivity index (χ1v) is 8.60. The monoisotopic (exact) mass is 363 g/mol. The molecule has 2 amide bonds. The molecule has 24 heavy (non-hydrogen) atoms. The fourth-order valence-electron chi connectivity index (χ4n) is 2.11. The number of carbonyl (C=O) groups is 2. The van der Waals surface area contributed by atoms with Crippen LogP contribution in [0.25, 0.3) is 0 Å². The Balaban J connectivity index is 2.01. The predicted octanol–water partition coefficient (Wildman–Crippen LogP) is 3.34. The molecule has 0 saturated carbocycles. The topological polar surface area (TPSA) is 61.8 Å². The zero-order chi connectivity index (χ0) is 17.5. The minimum absolute atomic E-state index is 0.0763. The van der Waals surface area contributed by atoms with Crippen LogP contribution in [0.5, 0.6) is 0 Å². The Labute approximate surface area is 150 Å². The van der Waals surface area contributed by atoms with Crippen LogP contribution in [0.1, 0.15) is 6.42 Å². The highest BCUT2D eigenvalue weighted by Gasteiger charge is 2.38. The van der Waals surface area contributed by atoms with Gasteiger partial charge in [-0.1, -0.05) is 35.5 Å². The van der Waals surface area contributed by atoms with Gasteiger partial charge < -0.3 is 5.32 Å². The molecule has 0 aromatic heterocycles. The van der Waals surface area contributed by atoms with E-state index in [1.807, 2.05) is 0 Å². The van der Waals surface area contributed by atoms with Crippen LogP contribution in [0.15, 0.2) is 54.6 Å². The Hall–Kier alpha value is -2.05. The van der Waals surface area contributed by atoms with Gasteiger partial charge in [0, 0.05) is 23.7 Å². The molecule has 0 radical (unpaired) electrons. The molecular weight excluding hydrogens is 346 g/mol. The molecule has 0 unspecified atom stereocenters. The number of nitrogens with one attached hydrogen (secondary N) is 1. The average molecular weight is 364 g/mol. The van der Waals surface area contributed by atoms with Crippen molar-refractivity contribution in [2.75, 3.05) is 18.4 Å². The van der Waals surface area contributed by atoms with E-state index < -0.39 is 5.25 Å². The van der Waals surface area contributed by atoms with Crippen molar-refractivity contribution in [2.24, 2.45) is 4.99 Å². The van der Waals surface area contributed by atoms with Crippen molar-refractivity contribution in [2.45, 2.75) is 11.7 Å². The van der Waals surface area contributed by atoms with E-state index in [0.717, 1.165) is 0 Å². The number of hydrogen-bond acceptors (Lipinski definition) is 4. The molecule has 1 N–H and O–H groups in total. The molecule has 7 heteroatoms. The van der Waals surface area contributed by atoms with E-state index in [0.29, 0.717) is 29.0 Å². The van der Waals surface area contributed by atoms with Crippen LogP contribution in [-0.2, 0) is 9.59 Å². The van der Waals surface area contributed by atoms with Crippen molar-refractivity contribution in [1.29, 1.82) is 0 Å². The van der Waals surface area contributed by atoms with E-state index in [1.165, 1.54) is 11.8 Å². The summed E-state index contributed by atoms with van der Waals surface area (Å²) in [5.74, 6) is -0.360. The van der Waals surface area contributed by atoms with Crippen molar-refractivity contribution < 1.29 is 9.59 Å². The smallest absolute Gasteiger partial charge is 0.242 e. The predicted molar refractivity (Wildman–Crippen MR) is 100 cm³/mol. The van der Waals surface area contributed by atoms with Gasteiger partial charge in [0.2, 0.25) is 11.8 Å². The van der Waals surface area contributed by atoms with Crippen molar-refractivity contribution in [3.05, 3.63) is 54.6 Å². The van der Waals surface area contributed by atoms with E-state index in [4.69, 9.17) is 11.6 Å². The molecule has 1 saturated heterocycles. The fourth-order valence-corrected chi connectivity index (χ4v) is 3.40. The third-order valence-corrected chi connectivity index (χ3v) is 4.65. The second-order valence-electron chi connectivity index (χ2n) is 5.02. The lowest BCUT2D eigenvalue weighted by Gasteiger charge is -2.13. The second kappa shape index (κ2) is 8.70. The lowest BCUT2D eigenvalue weighted by Crippen LogP contribution is -2.33. The van der Waals surface area contributed by atoms with Crippen molar-refractivity contribution in [3.8, 4) is 0 Å². The molecule has 1 aromatic carbocycles. The highest BCUT2D eigenvalue weighted by molar-refractivity contribution is 8.15. The van der Waals surface area contributed by atoms with Gasteiger partial charge in [-0.25, -0.2) is 0 Å². The maximum atomic E-state index is 12.5. The third kappa shape index (κ3) is 4.72. The summed E-state index contributed by atoms with van der Waals surface area (Å²) in [6.07, 6.45) is 3.37. The lowest BCUT2D eigenvalue weighted by atomic mass is 10.2. The average Bonchev–Trinajstić information content (AvgIpc) is 2.84.